The van der Waals surface area contributed by atoms with Gasteiger partial charge in [0.25, 0.3) is 0 Å². The molecule has 0 fully saturated rings. The number of aliphatic carboxylic acids is 1. The molecule has 0 saturated carbocycles. The molecule has 0 heterocycles. The lowest BCUT2D eigenvalue weighted by Crippen LogP contribution is -2.28. The number of unbranched alkanes of at least 4 members (excludes halogenated alkanes) is 2. The predicted octanol–water partition coefficient (Wildman–Crippen LogP) is 2.80. The Kier molecular flexibility index (Phi) is 9.10. The Morgan fingerprint density at radius 1 is 1.27 bits per heavy atom. The summed E-state index contributed by atoms with van der Waals surface area (Å²) in [6, 6.07) is 0. The van der Waals surface area contributed by atoms with Crippen LogP contribution in [0, 0.1) is 5.92 Å². The van der Waals surface area contributed by atoms with Crippen LogP contribution in [0.2, 0.25) is 0 Å². The monoisotopic (exact) mass is 280 g/mol. The van der Waals surface area contributed by atoms with Crippen molar-refractivity contribution in [3.8, 4) is 0 Å². The number of rotatable bonds is 9. The van der Waals surface area contributed by atoms with Gasteiger partial charge in [0.1, 0.15) is 0 Å². The van der Waals surface area contributed by atoms with E-state index in [1.54, 1.807) is 0 Å². The molecule has 0 spiro atoms. The number of halogens is 1. The van der Waals surface area contributed by atoms with Crippen LogP contribution in [0.3, 0.4) is 0 Å². The lowest BCUT2D eigenvalue weighted by Gasteiger charge is -2.18. The summed E-state index contributed by atoms with van der Waals surface area (Å²) < 4.78 is 0. The Morgan fingerprint density at radius 2 is 1.93 bits per heavy atom. The third-order valence-electron chi connectivity index (χ3n) is 2.51. The Balaban J connectivity index is 3.88. The first-order chi connectivity index (χ1) is 7.13. The lowest BCUT2D eigenvalue weighted by molar-refractivity contribution is -0.146. The van der Waals surface area contributed by atoms with Gasteiger partial charge in [-0.15, -0.1) is 0 Å². The van der Waals surface area contributed by atoms with Crippen molar-refractivity contribution in [1.29, 1.82) is 0 Å². The molecule has 0 aromatic rings. The fourth-order valence-electron chi connectivity index (χ4n) is 1.61. The van der Waals surface area contributed by atoms with Crippen LogP contribution in [-0.4, -0.2) is 27.6 Å². The van der Waals surface area contributed by atoms with E-state index in [4.69, 9.17) is 5.11 Å². The maximum atomic E-state index is 10.9. The number of alkyl halides is 1. The number of carbonyl (C=O) groups is 1. The highest BCUT2D eigenvalue weighted by Crippen LogP contribution is 2.18. The van der Waals surface area contributed by atoms with E-state index in [1.165, 1.54) is 0 Å². The molecule has 2 atom stereocenters. The average Bonchev–Trinajstić information content (AvgIpc) is 2.17. The van der Waals surface area contributed by atoms with E-state index in [-0.39, 0.29) is 0 Å². The number of carboxylic acids is 1. The molecule has 0 aliphatic rings. The fraction of sp³-hybridized carbons (Fsp3) is 0.909. The van der Waals surface area contributed by atoms with Crippen molar-refractivity contribution in [3.63, 3.8) is 0 Å². The molecule has 3 nitrogen and oxygen atoms in total. The molecular weight excluding hydrogens is 260 g/mol. The molecule has 0 rings (SSSR count). The number of aliphatic hydroxyl groups excluding tert-OH is 1. The fourth-order valence-corrected chi connectivity index (χ4v) is 2.01. The highest BCUT2D eigenvalue weighted by atomic mass is 79.9. The van der Waals surface area contributed by atoms with E-state index < -0.39 is 18.0 Å². The first-order valence-electron chi connectivity index (χ1n) is 5.60. The maximum absolute atomic E-state index is 10.9. The van der Waals surface area contributed by atoms with Crippen LogP contribution in [0.5, 0.6) is 0 Å². The second kappa shape index (κ2) is 9.16. The highest BCUT2D eigenvalue weighted by Gasteiger charge is 2.24. The SMILES string of the molecule is CCCC(O)C(CCCCCBr)C(=O)O. The minimum Gasteiger partial charge on any atom is -0.481 e. The Labute approximate surface area is 100 Å². The summed E-state index contributed by atoms with van der Waals surface area (Å²) in [6.07, 6.45) is 4.27. The molecule has 0 bridgehead atoms. The van der Waals surface area contributed by atoms with Gasteiger partial charge < -0.3 is 10.2 Å². The predicted molar refractivity (Wildman–Crippen MR) is 64.3 cm³/mol. The molecule has 15 heavy (non-hydrogen) atoms. The largest absolute Gasteiger partial charge is 0.481 e. The van der Waals surface area contributed by atoms with Gasteiger partial charge in [-0.1, -0.05) is 42.1 Å². The van der Waals surface area contributed by atoms with Gasteiger partial charge in [-0.25, -0.2) is 0 Å². The number of carboxylic acid groups (broad SMARTS) is 1. The summed E-state index contributed by atoms with van der Waals surface area (Å²) >= 11 is 3.33. The van der Waals surface area contributed by atoms with E-state index in [0.717, 1.165) is 31.0 Å². The van der Waals surface area contributed by atoms with Gasteiger partial charge in [-0.3, -0.25) is 4.79 Å². The lowest BCUT2D eigenvalue weighted by atomic mass is 9.93. The molecule has 0 aliphatic carbocycles. The molecule has 2 N–H and O–H groups in total. The molecule has 0 aromatic carbocycles. The van der Waals surface area contributed by atoms with Crippen molar-refractivity contribution >= 4 is 21.9 Å². The normalized spacial score (nSPS) is 14.9. The molecule has 90 valence electrons. The topological polar surface area (TPSA) is 57.5 Å². The summed E-state index contributed by atoms with van der Waals surface area (Å²) in [5, 5.41) is 19.6. The van der Waals surface area contributed by atoms with E-state index in [9.17, 15) is 9.90 Å². The van der Waals surface area contributed by atoms with Crippen molar-refractivity contribution in [3.05, 3.63) is 0 Å². The Bertz CT molecular complexity index is 173. The van der Waals surface area contributed by atoms with Crippen LogP contribution in [0.4, 0.5) is 0 Å². The number of hydrogen-bond donors (Lipinski definition) is 2. The van der Waals surface area contributed by atoms with E-state index in [0.29, 0.717) is 12.8 Å². The molecule has 0 aliphatic heterocycles. The van der Waals surface area contributed by atoms with Crippen LogP contribution in [0.1, 0.15) is 45.4 Å². The van der Waals surface area contributed by atoms with Crippen LogP contribution >= 0.6 is 15.9 Å². The van der Waals surface area contributed by atoms with Gasteiger partial charge in [0.05, 0.1) is 12.0 Å². The molecule has 0 radical (unpaired) electrons. The standard InChI is InChI=1S/C11H21BrO3/c1-2-6-10(13)9(11(14)15)7-4-3-5-8-12/h9-10,13H,2-8H2,1H3,(H,14,15). The van der Waals surface area contributed by atoms with E-state index in [2.05, 4.69) is 15.9 Å². The zero-order valence-corrected chi connectivity index (χ0v) is 10.9. The zero-order chi connectivity index (χ0) is 11.7. The molecule has 0 saturated heterocycles. The first kappa shape index (κ1) is 14.9. The van der Waals surface area contributed by atoms with Crippen molar-refractivity contribution in [1.82, 2.24) is 0 Å². The van der Waals surface area contributed by atoms with Crippen LogP contribution in [0.25, 0.3) is 0 Å². The molecule has 0 aromatic heterocycles. The number of hydrogen-bond acceptors (Lipinski definition) is 2. The average molecular weight is 281 g/mol. The summed E-state index contributed by atoms with van der Waals surface area (Å²) in [5.41, 5.74) is 0. The summed E-state index contributed by atoms with van der Waals surface area (Å²) in [4.78, 5) is 10.9. The molecule has 0 amide bonds. The molecular formula is C11H21BrO3. The first-order valence-corrected chi connectivity index (χ1v) is 6.72. The van der Waals surface area contributed by atoms with Gasteiger partial charge in [-0.2, -0.15) is 0 Å². The van der Waals surface area contributed by atoms with Crippen molar-refractivity contribution in [2.24, 2.45) is 5.92 Å². The molecule has 4 heteroatoms. The summed E-state index contributed by atoms with van der Waals surface area (Å²) in [6.45, 7) is 1.95. The van der Waals surface area contributed by atoms with Crippen LogP contribution in [0.15, 0.2) is 0 Å². The minimum absolute atomic E-state index is 0.579. The maximum Gasteiger partial charge on any atom is 0.309 e. The summed E-state index contributed by atoms with van der Waals surface area (Å²) in [7, 11) is 0. The summed E-state index contributed by atoms with van der Waals surface area (Å²) in [5.74, 6) is -1.45. The smallest absolute Gasteiger partial charge is 0.309 e. The zero-order valence-electron chi connectivity index (χ0n) is 9.29. The van der Waals surface area contributed by atoms with Gasteiger partial charge in [0.2, 0.25) is 0 Å². The van der Waals surface area contributed by atoms with E-state index >= 15 is 0 Å². The van der Waals surface area contributed by atoms with Gasteiger partial charge >= 0.3 is 5.97 Å². The Hall–Kier alpha value is -0.0900. The van der Waals surface area contributed by atoms with Gasteiger partial charge in [-0.05, 0) is 19.3 Å². The second-order valence-electron chi connectivity index (χ2n) is 3.84. The third kappa shape index (κ3) is 6.90. The van der Waals surface area contributed by atoms with E-state index in [1.807, 2.05) is 6.92 Å². The van der Waals surface area contributed by atoms with Crippen LogP contribution in [-0.2, 0) is 4.79 Å². The molecule has 2 unspecified atom stereocenters. The van der Waals surface area contributed by atoms with Gasteiger partial charge in [0, 0.05) is 5.33 Å². The van der Waals surface area contributed by atoms with Crippen molar-refractivity contribution < 1.29 is 15.0 Å². The number of aliphatic hydroxyl groups is 1. The van der Waals surface area contributed by atoms with Crippen LogP contribution < -0.4 is 0 Å². The van der Waals surface area contributed by atoms with Crippen molar-refractivity contribution in [2.45, 2.75) is 51.6 Å². The quantitative estimate of drug-likeness (QED) is 0.504. The van der Waals surface area contributed by atoms with Crippen molar-refractivity contribution in [2.75, 3.05) is 5.33 Å². The minimum atomic E-state index is -0.866. The highest BCUT2D eigenvalue weighted by molar-refractivity contribution is 9.09. The van der Waals surface area contributed by atoms with Gasteiger partial charge in [0.15, 0.2) is 0 Å². The second-order valence-corrected chi connectivity index (χ2v) is 4.63. The Morgan fingerprint density at radius 3 is 2.40 bits per heavy atom. The third-order valence-corrected chi connectivity index (χ3v) is 3.08.